The maximum Gasteiger partial charge on any atom is 3.00 e. The minimum atomic E-state index is 0. The number of benzene rings is 13. The molecule has 138 heavy (non-hydrogen) atoms. The van der Waals surface area contributed by atoms with Gasteiger partial charge in [0.05, 0.1) is 5.56 Å². The summed E-state index contributed by atoms with van der Waals surface area (Å²) in [4.78, 5) is 23.0. The molecule has 7 heterocycles. The quantitative estimate of drug-likeness (QED) is 0.0562. The van der Waals surface area contributed by atoms with Crippen LogP contribution >= 0.6 is 0 Å². The van der Waals surface area contributed by atoms with E-state index in [2.05, 4.69) is 272 Å². The van der Waals surface area contributed by atoms with Gasteiger partial charge in [-0.3, -0.25) is 0 Å². The van der Waals surface area contributed by atoms with Crippen molar-refractivity contribution >= 4 is 0 Å². The Morgan fingerprint density at radius 3 is 1.23 bits per heavy atom. The Morgan fingerprint density at radius 1 is 0.319 bits per heavy atom. The first-order valence-corrected chi connectivity index (χ1v) is 47.6. The molecule has 6 aromatic heterocycles. The van der Waals surface area contributed by atoms with Crippen molar-refractivity contribution in [1.29, 1.82) is 0 Å². The molecule has 2 unspecified atom stereocenters. The molecule has 2 bridgehead atoms. The third kappa shape index (κ3) is 26.7. The Morgan fingerprint density at radius 2 is 0.761 bits per heavy atom. The molecule has 0 amide bonds. The van der Waals surface area contributed by atoms with Crippen LogP contribution in [0.4, 0.5) is 0 Å². The molecule has 13 aromatic carbocycles. The van der Waals surface area contributed by atoms with Crippen LogP contribution < -0.4 is 4.57 Å². The zero-order valence-electron chi connectivity index (χ0n) is 78.1. The molecule has 4 aliphatic rings. The Labute approximate surface area is 857 Å². The summed E-state index contributed by atoms with van der Waals surface area (Å²) < 4.78 is 2.54. The summed E-state index contributed by atoms with van der Waals surface area (Å²) in [7, 11) is 0. The Hall–Kier alpha value is -13.3. The summed E-state index contributed by atoms with van der Waals surface area (Å²) in [5.74, 6) is 2.38. The van der Waals surface area contributed by atoms with Crippen LogP contribution in [-0.4, -0.2) is 24.9 Å². The molecule has 1 aliphatic heterocycles. The number of pyridine rings is 6. The zero-order chi connectivity index (χ0) is 91.5. The summed E-state index contributed by atoms with van der Waals surface area (Å²) in [5, 5.41) is 0. The molecule has 680 valence electrons. The standard InChI is InChI=1S/C45H36N3.C21H22N.C19H14.C18H12.C15H16N.C11H8N.3Ir/c1-4-10-40(11-5-1)43-25-22-34(31-46-43)16-19-37-28-38(20-17-35-23-26-44(47-32-35)41-12-6-2-7-13-41)30-39(29-37)21-18-36-24-27-45(48-33-36)42-14-8-3-9-15-42;1-2-4-14-9-19-17(7-13(14)3-1)11-22-12-20-16-6-5-15(8-16)18(20)10-21(19)22;1-15-7-5-6-10-19(15)18-13-11-17(12-14-18)16-8-3-2-4-9-16;1-3-8-15(9-4-1)17-12-7-13-18(14-17)16-10-5-2-6-11-16;1-12(2)11-14-9-6-10-15(16-14)13-7-4-3-5-8-13;1-2-6-10(7-3-1)11-8-4-5-9-12-11;;;/h1-10,12,14,22-33H,16-21H2;7,9-10,12,15-16H,1-6,8,11H2;2-8,10-11,13-14H,1H3;1-10,12,14H;3-7,9-10,12H,11H2,1-2H3;1-6,8-9H;;;/q-3;+1;2*-2;2*-1;3*+3. The van der Waals surface area contributed by atoms with Gasteiger partial charge in [0, 0.05) is 47.7 Å². The summed E-state index contributed by atoms with van der Waals surface area (Å²) in [6, 6.07) is 156. The second kappa shape index (κ2) is 50.2. The van der Waals surface area contributed by atoms with Crippen molar-refractivity contribution in [2.45, 2.75) is 129 Å². The minimum Gasteiger partial charge on any atom is -0.305 e. The SMILES string of the molecule is CC(C)Cc1cccc(-c2[c-]cccc2)n1.Cc1ccccc1-c1c[c-]c(-c2[c-]cccc2)cc1.[Ir+3].[Ir+3].[Ir+3].[c-]1ccccc1-c1[c-]ccc(-c2ccccc2)c1.[c-]1ccccc1-c1ccc(CCc2cc(CCc3ccc(-c4[c-]cccc4)nc3)cc(CCc3ccc(-c4[c-]cccc4)nc3)c2)cn1.[c-]1ccccc1-c1ccccn1.c1c2c(cc3c1C[n+]1cc4c(cc1-3)C1CCC4C1)CCCC2. The van der Waals surface area contributed by atoms with E-state index in [-0.39, 0.29) is 60.3 Å². The van der Waals surface area contributed by atoms with Crippen LogP contribution in [0.2, 0.25) is 0 Å². The number of fused-ring (bicyclic) bond motifs is 9. The average Bonchev–Trinajstić information content (AvgIpc) is 1.58. The smallest absolute Gasteiger partial charge is 0.305 e. The molecule has 9 heteroatoms. The van der Waals surface area contributed by atoms with E-state index in [0.717, 1.165) is 148 Å². The number of nitrogens with zero attached hydrogens (tertiary/aromatic N) is 6. The van der Waals surface area contributed by atoms with E-state index < -0.39 is 0 Å². The number of hydrogen-bond acceptors (Lipinski definition) is 5. The van der Waals surface area contributed by atoms with E-state index in [9.17, 15) is 0 Å². The molecule has 3 aliphatic carbocycles. The minimum absolute atomic E-state index is 0. The van der Waals surface area contributed by atoms with Crippen LogP contribution in [0.5, 0.6) is 0 Å². The predicted octanol–water partition coefficient (Wildman–Crippen LogP) is 29.7. The van der Waals surface area contributed by atoms with Gasteiger partial charge < -0.3 is 24.9 Å². The topological polar surface area (TPSA) is 68.3 Å². The van der Waals surface area contributed by atoms with Crippen LogP contribution in [0.25, 0.3) is 112 Å². The Balaban J connectivity index is 0.000000135. The van der Waals surface area contributed by atoms with Crippen LogP contribution in [0.1, 0.15) is 130 Å². The van der Waals surface area contributed by atoms with Crippen molar-refractivity contribution in [1.82, 2.24) is 24.9 Å². The number of aromatic nitrogens is 6. The fourth-order valence-corrected chi connectivity index (χ4v) is 18.6. The van der Waals surface area contributed by atoms with E-state index in [1.54, 1.807) is 34.0 Å². The van der Waals surface area contributed by atoms with Gasteiger partial charge in [0.25, 0.3) is 0 Å². The Kier molecular flexibility index (Phi) is 36.1. The molecule has 0 N–H and O–H groups in total. The van der Waals surface area contributed by atoms with Crippen LogP contribution in [0.15, 0.2) is 401 Å². The van der Waals surface area contributed by atoms with E-state index in [4.69, 9.17) is 15.0 Å². The van der Waals surface area contributed by atoms with Crippen molar-refractivity contribution in [3.8, 4) is 112 Å². The zero-order valence-corrected chi connectivity index (χ0v) is 85.3. The first-order valence-electron chi connectivity index (χ1n) is 47.6. The number of aryl methyl sites for hydroxylation is 9. The van der Waals surface area contributed by atoms with Crippen molar-refractivity contribution in [2.75, 3.05) is 0 Å². The summed E-state index contributed by atoms with van der Waals surface area (Å²) in [6.45, 7) is 7.66. The molecular weight excluding hydrogens is 2210 g/mol. The largest absolute Gasteiger partial charge is 3.00 e. The molecule has 0 radical (unpaired) electrons. The van der Waals surface area contributed by atoms with Crippen LogP contribution in [-0.2, 0) is 125 Å². The van der Waals surface area contributed by atoms with E-state index in [1.165, 1.54) is 117 Å². The molecule has 1 saturated carbocycles. The van der Waals surface area contributed by atoms with Crippen molar-refractivity contribution in [3.05, 3.63) is 528 Å². The van der Waals surface area contributed by atoms with Gasteiger partial charge in [-0.2, -0.15) is 83.4 Å². The second-order valence-corrected chi connectivity index (χ2v) is 35.6. The van der Waals surface area contributed by atoms with E-state index in [0.29, 0.717) is 5.92 Å². The number of hydrogen-bond donors (Lipinski definition) is 0. The summed E-state index contributed by atoms with van der Waals surface area (Å²) in [6.07, 6.45) is 26.7. The molecule has 2 atom stereocenters. The van der Waals surface area contributed by atoms with Crippen molar-refractivity contribution in [3.63, 3.8) is 0 Å². The first-order chi connectivity index (χ1) is 66.6. The maximum absolute atomic E-state index is 4.73. The second-order valence-electron chi connectivity index (χ2n) is 35.6. The monoisotopic (exact) mass is 2320 g/mol. The molecular formula is C129H108Ir3N6+. The molecule has 19 aromatic rings. The van der Waals surface area contributed by atoms with Gasteiger partial charge in [-0.1, -0.05) is 158 Å². The summed E-state index contributed by atoms with van der Waals surface area (Å²) >= 11 is 0. The molecule has 0 saturated heterocycles. The normalized spacial score (nSPS) is 12.9. The van der Waals surface area contributed by atoms with Gasteiger partial charge >= 0.3 is 60.3 Å². The van der Waals surface area contributed by atoms with Crippen molar-refractivity contribution < 1.29 is 64.9 Å². The van der Waals surface area contributed by atoms with Gasteiger partial charge in [0.15, 0.2) is 12.7 Å². The third-order valence-electron chi connectivity index (χ3n) is 25.6. The van der Waals surface area contributed by atoms with Gasteiger partial charge in [-0.25, -0.2) is 22.3 Å². The van der Waals surface area contributed by atoms with Crippen LogP contribution in [0.3, 0.4) is 0 Å². The van der Waals surface area contributed by atoms with Crippen LogP contribution in [0, 0.1) is 67.4 Å². The molecule has 1 fully saturated rings. The fraction of sp³-hybridized carbons (Fsp3) is 0.163. The van der Waals surface area contributed by atoms with Gasteiger partial charge in [-0.15, -0.1) is 221 Å². The van der Waals surface area contributed by atoms with E-state index in [1.807, 2.05) is 213 Å². The first kappa shape index (κ1) is 99.2. The molecule has 0 spiro atoms. The van der Waals surface area contributed by atoms with Gasteiger partial charge in [0.2, 0.25) is 5.69 Å². The average molecular weight is 2320 g/mol. The van der Waals surface area contributed by atoms with Gasteiger partial charge in [-0.05, 0) is 223 Å². The van der Waals surface area contributed by atoms with Crippen molar-refractivity contribution in [2.24, 2.45) is 5.92 Å². The van der Waals surface area contributed by atoms with Gasteiger partial charge in [0.1, 0.15) is 0 Å². The summed E-state index contributed by atoms with van der Waals surface area (Å²) in [5.41, 5.74) is 40.7. The maximum atomic E-state index is 4.73. The predicted molar refractivity (Wildman–Crippen MR) is 552 cm³/mol. The Bertz CT molecular complexity index is 6640. The molecule has 6 nitrogen and oxygen atoms in total. The molecule has 23 rings (SSSR count). The fourth-order valence-electron chi connectivity index (χ4n) is 18.6. The van der Waals surface area contributed by atoms with E-state index >= 15 is 0 Å². The number of rotatable bonds is 20. The third-order valence-corrected chi connectivity index (χ3v) is 25.6.